The van der Waals surface area contributed by atoms with Gasteiger partial charge in [0.2, 0.25) is 5.91 Å². The van der Waals surface area contributed by atoms with Crippen LogP contribution in [0.25, 0.3) is 11.4 Å². The molecule has 1 aromatic carbocycles. The molecule has 0 aliphatic carbocycles. The van der Waals surface area contributed by atoms with E-state index in [-0.39, 0.29) is 29.8 Å². The Morgan fingerprint density at radius 1 is 1.10 bits per heavy atom. The first kappa shape index (κ1) is 22.4. The first-order valence-electron chi connectivity index (χ1n) is 10.8. The lowest BCUT2D eigenvalue weighted by Crippen LogP contribution is -2.32. The fourth-order valence-corrected chi connectivity index (χ4v) is 3.63. The molecule has 3 aromatic rings. The molecule has 2 N–H and O–H groups in total. The van der Waals surface area contributed by atoms with Crippen molar-refractivity contribution < 1.29 is 4.79 Å². The third-order valence-electron chi connectivity index (χ3n) is 5.51. The van der Waals surface area contributed by atoms with E-state index >= 15 is 0 Å². The number of hydrogen-bond donors (Lipinski definition) is 2. The highest BCUT2D eigenvalue weighted by Gasteiger charge is 2.19. The maximum atomic E-state index is 12.7. The zero-order valence-electron chi connectivity index (χ0n) is 18.6. The summed E-state index contributed by atoms with van der Waals surface area (Å²) < 4.78 is 0. The van der Waals surface area contributed by atoms with Gasteiger partial charge in [-0.05, 0) is 48.9 Å². The Morgan fingerprint density at radius 2 is 1.77 bits per heavy atom. The summed E-state index contributed by atoms with van der Waals surface area (Å²) in [5, 5.41) is 3.14. The fourth-order valence-electron chi connectivity index (χ4n) is 3.63. The van der Waals surface area contributed by atoms with Crippen LogP contribution in [-0.4, -0.2) is 20.9 Å². The number of carbonyl (C=O) groups is 1. The summed E-state index contributed by atoms with van der Waals surface area (Å²) in [7, 11) is 0. The zero-order chi connectivity index (χ0) is 22.4. The van der Waals surface area contributed by atoms with Gasteiger partial charge >= 0.3 is 0 Å². The molecule has 3 rings (SSSR count). The average Bonchev–Trinajstić information content (AvgIpc) is 2.77. The van der Waals surface area contributed by atoms with E-state index in [0.29, 0.717) is 23.5 Å². The standard InChI is InChI=1S/C25H30N4O2/c1-5-18-6-8-19(9-7-18)23(16(2)3)28-22(30)11-10-21-17(4)27-24(29-25(21)31)20-12-14-26-15-13-20/h6-9,12-16,23H,5,10-11H2,1-4H3,(H,28,30)(H,27,29,31)/t23-/m1/s1. The van der Waals surface area contributed by atoms with Crippen LogP contribution in [0.2, 0.25) is 0 Å². The fraction of sp³-hybridized carbons (Fsp3) is 0.360. The smallest absolute Gasteiger partial charge is 0.254 e. The van der Waals surface area contributed by atoms with Crippen molar-refractivity contribution >= 4 is 5.91 Å². The number of benzene rings is 1. The maximum Gasteiger partial charge on any atom is 0.254 e. The first-order chi connectivity index (χ1) is 14.9. The van der Waals surface area contributed by atoms with E-state index in [1.54, 1.807) is 31.5 Å². The predicted octanol–water partition coefficient (Wildman–Crippen LogP) is 4.15. The largest absolute Gasteiger partial charge is 0.349 e. The molecular weight excluding hydrogens is 388 g/mol. The quantitative estimate of drug-likeness (QED) is 0.575. The molecule has 2 heterocycles. The molecule has 0 unspecified atom stereocenters. The van der Waals surface area contributed by atoms with Crippen LogP contribution >= 0.6 is 0 Å². The molecule has 1 atom stereocenters. The van der Waals surface area contributed by atoms with E-state index in [0.717, 1.165) is 17.5 Å². The molecule has 0 aliphatic heterocycles. The van der Waals surface area contributed by atoms with Crippen molar-refractivity contribution in [2.75, 3.05) is 0 Å². The Kier molecular flexibility index (Phi) is 7.34. The number of aromatic nitrogens is 3. The van der Waals surface area contributed by atoms with Crippen LogP contribution in [-0.2, 0) is 17.6 Å². The highest BCUT2D eigenvalue weighted by Crippen LogP contribution is 2.22. The molecule has 0 radical (unpaired) electrons. The number of hydrogen-bond acceptors (Lipinski definition) is 4. The number of aromatic amines is 1. The molecule has 0 fully saturated rings. The number of nitrogens with one attached hydrogen (secondary N) is 2. The van der Waals surface area contributed by atoms with Crippen LogP contribution in [0.5, 0.6) is 0 Å². The second-order valence-electron chi connectivity index (χ2n) is 8.10. The number of carbonyl (C=O) groups excluding carboxylic acids is 1. The van der Waals surface area contributed by atoms with Gasteiger partial charge in [0.05, 0.1) is 6.04 Å². The number of rotatable bonds is 8. The second kappa shape index (κ2) is 10.2. The average molecular weight is 419 g/mol. The molecular formula is C25H30N4O2. The first-order valence-corrected chi connectivity index (χ1v) is 10.8. The summed E-state index contributed by atoms with van der Waals surface area (Å²) in [6.07, 6.45) is 4.88. The Morgan fingerprint density at radius 3 is 2.35 bits per heavy atom. The van der Waals surface area contributed by atoms with Gasteiger partial charge in [0, 0.05) is 35.6 Å². The van der Waals surface area contributed by atoms with Crippen molar-refractivity contribution in [1.29, 1.82) is 0 Å². The van der Waals surface area contributed by atoms with Gasteiger partial charge in [0.1, 0.15) is 5.82 Å². The van der Waals surface area contributed by atoms with E-state index in [2.05, 4.69) is 65.3 Å². The number of nitrogens with zero attached hydrogens (tertiary/aromatic N) is 2. The Labute approximate surface area is 183 Å². The van der Waals surface area contributed by atoms with Crippen LogP contribution in [0.3, 0.4) is 0 Å². The summed E-state index contributed by atoms with van der Waals surface area (Å²) in [6, 6.07) is 11.9. The molecule has 6 heteroatoms. The van der Waals surface area contributed by atoms with Crippen LogP contribution in [0, 0.1) is 12.8 Å². The third-order valence-corrected chi connectivity index (χ3v) is 5.51. The van der Waals surface area contributed by atoms with Crippen molar-refractivity contribution in [3.63, 3.8) is 0 Å². The highest BCUT2D eigenvalue weighted by atomic mass is 16.1. The van der Waals surface area contributed by atoms with Crippen molar-refractivity contribution in [1.82, 2.24) is 20.3 Å². The molecule has 1 amide bonds. The normalized spacial score (nSPS) is 12.0. The summed E-state index contributed by atoms with van der Waals surface area (Å²) in [5.74, 6) is 0.687. The van der Waals surface area contributed by atoms with E-state index in [1.165, 1.54) is 5.56 Å². The Bertz CT molecular complexity index is 1070. The number of pyridine rings is 1. The lowest BCUT2D eigenvalue weighted by Gasteiger charge is -2.23. The Hall–Kier alpha value is -3.28. The van der Waals surface area contributed by atoms with E-state index in [1.807, 2.05) is 0 Å². The van der Waals surface area contributed by atoms with Crippen molar-refractivity contribution in [2.24, 2.45) is 5.92 Å². The van der Waals surface area contributed by atoms with E-state index in [4.69, 9.17) is 0 Å². The monoisotopic (exact) mass is 418 g/mol. The van der Waals surface area contributed by atoms with E-state index < -0.39 is 0 Å². The van der Waals surface area contributed by atoms with Gasteiger partial charge in [-0.15, -0.1) is 0 Å². The summed E-state index contributed by atoms with van der Waals surface area (Å²) in [6.45, 7) is 8.11. The number of aryl methyl sites for hydroxylation is 2. The van der Waals surface area contributed by atoms with Crippen LogP contribution in [0.4, 0.5) is 0 Å². The minimum absolute atomic E-state index is 0.0648. The van der Waals surface area contributed by atoms with Gasteiger partial charge in [-0.25, -0.2) is 4.98 Å². The number of H-pyrrole nitrogens is 1. The van der Waals surface area contributed by atoms with E-state index in [9.17, 15) is 9.59 Å². The van der Waals surface area contributed by atoms with Crippen molar-refractivity contribution in [3.8, 4) is 11.4 Å². The van der Waals surface area contributed by atoms with Gasteiger partial charge < -0.3 is 10.3 Å². The SMILES string of the molecule is CCc1ccc([C@H](NC(=O)CCc2c(C)nc(-c3ccncc3)[nH]c2=O)C(C)C)cc1. The van der Waals surface area contributed by atoms with Crippen LogP contribution in [0.15, 0.2) is 53.6 Å². The van der Waals surface area contributed by atoms with Gasteiger partial charge in [0.25, 0.3) is 5.56 Å². The van der Waals surface area contributed by atoms with Crippen LogP contribution < -0.4 is 10.9 Å². The van der Waals surface area contributed by atoms with Crippen LogP contribution in [0.1, 0.15) is 55.6 Å². The predicted molar refractivity (Wildman–Crippen MR) is 123 cm³/mol. The zero-order valence-corrected chi connectivity index (χ0v) is 18.6. The van der Waals surface area contributed by atoms with Gasteiger partial charge in [-0.2, -0.15) is 0 Å². The molecule has 162 valence electrons. The molecule has 0 saturated heterocycles. The van der Waals surface area contributed by atoms with Gasteiger partial charge in [-0.3, -0.25) is 14.6 Å². The minimum Gasteiger partial charge on any atom is -0.349 e. The molecule has 2 aromatic heterocycles. The van der Waals surface area contributed by atoms with Crippen molar-refractivity contribution in [2.45, 2.75) is 53.0 Å². The molecule has 31 heavy (non-hydrogen) atoms. The second-order valence-corrected chi connectivity index (χ2v) is 8.10. The van der Waals surface area contributed by atoms with Crippen molar-refractivity contribution in [3.05, 3.63) is 81.5 Å². The molecule has 6 nitrogen and oxygen atoms in total. The molecule has 0 bridgehead atoms. The number of amides is 1. The van der Waals surface area contributed by atoms with Gasteiger partial charge in [0.15, 0.2) is 0 Å². The third kappa shape index (κ3) is 5.66. The minimum atomic E-state index is -0.206. The lowest BCUT2D eigenvalue weighted by molar-refractivity contribution is -0.122. The summed E-state index contributed by atoms with van der Waals surface area (Å²) in [5.41, 5.74) is 4.14. The summed E-state index contributed by atoms with van der Waals surface area (Å²) >= 11 is 0. The lowest BCUT2D eigenvalue weighted by atomic mass is 9.94. The Balaban J connectivity index is 1.68. The highest BCUT2D eigenvalue weighted by molar-refractivity contribution is 5.76. The summed E-state index contributed by atoms with van der Waals surface area (Å²) in [4.78, 5) is 36.6. The maximum absolute atomic E-state index is 12.7. The van der Waals surface area contributed by atoms with Gasteiger partial charge in [-0.1, -0.05) is 45.0 Å². The molecule has 0 spiro atoms. The molecule has 0 aliphatic rings. The topological polar surface area (TPSA) is 87.7 Å². The molecule has 0 saturated carbocycles.